The lowest BCUT2D eigenvalue weighted by molar-refractivity contribution is -0.117. The molecule has 0 atom stereocenters. The van der Waals surface area contributed by atoms with Gasteiger partial charge in [-0.3, -0.25) is 4.79 Å². The summed E-state index contributed by atoms with van der Waals surface area (Å²) in [5, 5.41) is 0.923. The van der Waals surface area contributed by atoms with Gasteiger partial charge in [-0.1, -0.05) is 12.1 Å². The summed E-state index contributed by atoms with van der Waals surface area (Å²) in [6, 6.07) is 13.6. The lowest BCUT2D eigenvalue weighted by Crippen LogP contribution is -2.42. The van der Waals surface area contributed by atoms with Crippen LogP contribution < -0.4 is 14.5 Å². The third kappa shape index (κ3) is 2.46. The molecule has 0 radical (unpaired) electrons. The molecule has 0 saturated heterocycles. The molecule has 2 heterocycles. The molecule has 6 nitrogen and oxygen atoms in total. The van der Waals surface area contributed by atoms with Gasteiger partial charge in [0.05, 0.1) is 24.0 Å². The van der Waals surface area contributed by atoms with Crippen molar-refractivity contribution in [3.8, 4) is 5.75 Å². The molecular weight excluding hydrogens is 316 g/mol. The van der Waals surface area contributed by atoms with Crippen LogP contribution in [0.15, 0.2) is 42.5 Å². The van der Waals surface area contributed by atoms with Gasteiger partial charge in [-0.25, -0.2) is 9.97 Å². The van der Waals surface area contributed by atoms with Gasteiger partial charge >= 0.3 is 0 Å². The zero-order valence-corrected chi connectivity index (χ0v) is 14.4. The van der Waals surface area contributed by atoms with E-state index in [0.29, 0.717) is 11.6 Å². The number of rotatable bonds is 2. The van der Waals surface area contributed by atoms with E-state index in [1.165, 1.54) is 0 Å². The minimum Gasteiger partial charge on any atom is -0.497 e. The van der Waals surface area contributed by atoms with Crippen LogP contribution in [0.5, 0.6) is 5.75 Å². The molecule has 1 aromatic heterocycles. The maximum atomic E-state index is 12.6. The topological polar surface area (TPSA) is 58.6 Å². The standard InChI is InChI=1S/C19H18N4O2/c1-12-20-15-7-5-4-6-14(15)19(21-12)23-11-18(24)22(2)17-10-13(25-3)8-9-16(17)23/h4-10H,11H2,1-3H3. The number of aromatic nitrogens is 2. The first-order chi connectivity index (χ1) is 12.1. The molecule has 4 rings (SSSR count). The molecule has 1 aliphatic heterocycles. The van der Waals surface area contributed by atoms with Crippen LogP contribution in [0.4, 0.5) is 17.2 Å². The van der Waals surface area contributed by atoms with Crippen LogP contribution in [-0.4, -0.2) is 36.6 Å². The number of methoxy groups -OCH3 is 1. The van der Waals surface area contributed by atoms with Gasteiger partial charge in [-0.05, 0) is 31.2 Å². The number of anilines is 3. The number of likely N-dealkylation sites (N-methyl/N-ethyl adjacent to an activating group) is 1. The normalized spacial score (nSPS) is 14.0. The second kappa shape index (κ2) is 5.73. The Bertz CT molecular complexity index is 986. The van der Waals surface area contributed by atoms with Crippen LogP contribution in [0.1, 0.15) is 5.82 Å². The van der Waals surface area contributed by atoms with Crippen LogP contribution >= 0.6 is 0 Å². The maximum Gasteiger partial charge on any atom is 0.246 e. The SMILES string of the molecule is COc1ccc2c(c1)N(C)C(=O)CN2c1nc(C)nc2ccccc12. The van der Waals surface area contributed by atoms with Crippen molar-refractivity contribution in [3.63, 3.8) is 0 Å². The van der Waals surface area contributed by atoms with Crippen molar-refractivity contribution in [2.24, 2.45) is 0 Å². The van der Waals surface area contributed by atoms with Gasteiger partial charge in [0.1, 0.15) is 23.9 Å². The molecular formula is C19H18N4O2. The summed E-state index contributed by atoms with van der Waals surface area (Å²) < 4.78 is 5.31. The first kappa shape index (κ1) is 15.4. The molecule has 0 N–H and O–H groups in total. The second-order valence-electron chi connectivity index (χ2n) is 6.01. The molecule has 25 heavy (non-hydrogen) atoms. The van der Waals surface area contributed by atoms with Gasteiger partial charge < -0.3 is 14.5 Å². The van der Waals surface area contributed by atoms with E-state index in [1.54, 1.807) is 19.1 Å². The Balaban J connectivity index is 1.96. The first-order valence-electron chi connectivity index (χ1n) is 8.04. The Morgan fingerprint density at radius 2 is 1.88 bits per heavy atom. The summed E-state index contributed by atoms with van der Waals surface area (Å²) in [4.78, 5) is 25.3. The molecule has 0 aliphatic carbocycles. The van der Waals surface area contributed by atoms with Crippen molar-refractivity contribution in [1.29, 1.82) is 0 Å². The third-order valence-electron chi connectivity index (χ3n) is 4.45. The molecule has 3 aromatic rings. The molecule has 1 amide bonds. The quantitative estimate of drug-likeness (QED) is 0.721. The van der Waals surface area contributed by atoms with Crippen molar-refractivity contribution < 1.29 is 9.53 Å². The predicted molar refractivity (Wildman–Crippen MR) is 97.7 cm³/mol. The molecule has 6 heteroatoms. The number of carbonyl (C=O) groups is 1. The van der Waals surface area contributed by atoms with Crippen LogP contribution in [0.2, 0.25) is 0 Å². The number of benzene rings is 2. The Labute approximate surface area is 145 Å². The highest BCUT2D eigenvalue weighted by molar-refractivity contribution is 6.06. The summed E-state index contributed by atoms with van der Waals surface area (Å²) >= 11 is 0. The highest BCUT2D eigenvalue weighted by atomic mass is 16.5. The Morgan fingerprint density at radius 3 is 2.68 bits per heavy atom. The van der Waals surface area contributed by atoms with Crippen LogP contribution in [-0.2, 0) is 4.79 Å². The first-order valence-corrected chi connectivity index (χ1v) is 8.04. The Morgan fingerprint density at radius 1 is 1.08 bits per heavy atom. The molecule has 0 unspecified atom stereocenters. The third-order valence-corrected chi connectivity index (χ3v) is 4.45. The summed E-state index contributed by atoms with van der Waals surface area (Å²) in [6.07, 6.45) is 0. The van der Waals surface area contributed by atoms with Gasteiger partial charge in [-0.15, -0.1) is 0 Å². The fraction of sp³-hybridized carbons (Fsp3) is 0.211. The average Bonchev–Trinajstić information content (AvgIpc) is 2.63. The summed E-state index contributed by atoms with van der Waals surface area (Å²) in [6.45, 7) is 2.10. The molecule has 0 fully saturated rings. The average molecular weight is 334 g/mol. The van der Waals surface area contributed by atoms with Gasteiger partial charge in [-0.2, -0.15) is 0 Å². The number of nitrogens with zero attached hydrogens (tertiary/aromatic N) is 4. The minimum absolute atomic E-state index is 0.00102. The smallest absolute Gasteiger partial charge is 0.246 e. The van der Waals surface area contributed by atoms with E-state index in [9.17, 15) is 4.79 Å². The van der Waals surface area contributed by atoms with E-state index >= 15 is 0 Å². The number of para-hydroxylation sites is 1. The van der Waals surface area contributed by atoms with Crippen molar-refractivity contribution in [2.75, 3.05) is 30.5 Å². The molecule has 0 bridgehead atoms. The number of fused-ring (bicyclic) bond motifs is 2. The van der Waals surface area contributed by atoms with Gasteiger partial charge in [0, 0.05) is 18.5 Å². The molecule has 0 saturated carbocycles. The number of hydrogen-bond donors (Lipinski definition) is 0. The molecule has 2 aromatic carbocycles. The fourth-order valence-electron chi connectivity index (χ4n) is 3.16. The monoisotopic (exact) mass is 334 g/mol. The minimum atomic E-state index is 0.00102. The van der Waals surface area contributed by atoms with E-state index < -0.39 is 0 Å². The zero-order chi connectivity index (χ0) is 17.6. The van der Waals surface area contributed by atoms with Gasteiger partial charge in [0.2, 0.25) is 5.91 Å². The van der Waals surface area contributed by atoms with Gasteiger partial charge in [0.25, 0.3) is 0 Å². The maximum absolute atomic E-state index is 12.6. The largest absolute Gasteiger partial charge is 0.497 e. The van der Waals surface area contributed by atoms with E-state index in [4.69, 9.17) is 4.74 Å². The zero-order valence-electron chi connectivity index (χ0n) is 14.4. The fourth-order valence-corrected chi connectivity index (χ4v) is 3.16. The summed E-state index contributed by atoms with van der Waals surface area (Å²) in [5.74, 6) is 2.14. The van der Waals surface area contributed by atoms with Crippen molar-refractivity contribution in [1.82, 2.24) is 9.97 Å². The summed E-state index contributed by atoms with van der Waals surface area (Å²) in [7, 11) is 3.40. The number of amides is 1. The number of carbonyl (C=O) groups excluding carboxylic acids is 1. The number of aryl methyl sites for hydroxylation is 1. The summed E-state index contributed by atoms with van der Waals surface area (Å²) in [5.41, 5.74) is 2.59. The van der Waals surface area contributed by atoms with Crippen LogP contribution in [0, 0.1) is 6.92 Å². The number of hydrogen-bond acceptors (Lipinski definition) is 5. The van der Waals surface area contributed by atoms with E-state index in [-0.39, 0.29) is 12.5 Å². The van der Waals surface area contributed by atoms with Crippen molar-refractivity contribution in [2.45, 2.75) is 6.92 Å². The predicted octanol–water partition coefficient (Wildman–Crippen LogP) is 3.06. The molecule has 1 aliphatic rings. The lowest BCUT2D eigenvalue weighted by Gasteiger charge is -2.35. The second-order valence-corrected chi connectivity index (χ2v) is 6.01. The van der Waals surface area contributed by atoms with E-state index in [1.807, 2.05) is 54.3 Å². The highest BCUT2D eigenvalue weighted by Crippen LogP contribution is 2.40. The van der Waals surface area contributed by atoms with E-state index in [0.717, 1.165) is 28.1 Å². The molecule has 126 valence electrons. The van der Waals surface area contributed by atoms with Gasteiger partial charge in [0.15, 0.2) is 0 Å². The van der Waals surface area contributed by atoms with Crippen molar-refractivity contribution >= 4 is 34.0 Å². The number of ether oxygens (including phenoxy) is 1. The van der Waals surface area contributed by atoms with Crippen LogP contribution in [0.3, 0.4) is 0 Å². The lowest BCUT2D eigenvalue weighted by atomic mass is 10.1. The Kier molecular flexibility index (Phi) is 3.53. The molecule has 0 spiro atoms. The highest BCUT2D eigenvalue weighted by Gasteiger charge is 2.30. The van der Waals surface area contributed by atoms with Crippen LogP contribution in [0.25, 0.3) is 10.9 Å². The Hall–Kier alpha value is -3.15. The van der Waals surface area contributed by atoms with E-state index in [2.05, 4.69) is 9.97 Å². The van der Waals surface area contributed by atoms with Crippen molar-refractivity contribution in [3.05, 3.63) is 48.3 Å².